The second kappa shape index (κ2) is 13.7. The van der Waals surface area contributed by atoms with Crippen molar-refractivity contribution < 1.29 is 41.5 Å². The molecule has 11 nitrogen and oxygen atoms in total. The van der Waals surface area contributed by atoms with Gasteiger partial charge in [-0.1, -0.05) is 12.0 Å². The van der Waals surface area contributed by atoms with Crippen LogP contribution >= 0.6 is 0 Å². The van der Waals surface area contributed by atoms with Gasteiger partial charge in [0.25, 0.3) is 0 Å². The molecule has 14 heteroatoms. The van der Waals surface area contributed by atoms with E-state index < -0.39 is 35.0 Å². The minimum absolute atomic E-state index is 0.0504. The number of benzene rings is 2. The van der Waals surface area contributed by atoms with Crippen LogP contribution in [0.4, 0.5) is 23.8 Å². The van der Waals surface area contributed by atoms with E-state index in [0.717, 1.165) is 32.2 Å². The number of pyridine rings is 1. The van der Waals surface area contributed by atoms with Gasteiger partial charge in [-0.2, -0.15) is 4.98 Å². The van der Waals surface area contributed by atoms with Gasteiger partial charge in [0.05, 0.1) is 29.4 Å². The number of rotatable bonds is 8. The second-order valence-corrected chi connectivity index (χ2v) is 15.6. The normalized spacial score (nSPS) is 23.8. The monoisotopic (exact) mass is 743 g/mol. The summed E-state index contributed by atoms with van der Waals surface area (Å²) in [6, 6.07) is 5.45. The van der Waals surface area contributed by atoms with Crippen LogP contribution in [0.3, 0.4) is 0 Å². The molecular weight excluding hydrogens is 701 g/mol. The summed E-state index contributed by atoms with van der Waals surface area (Å²) in [4.78, 5) is 31.1. The largest absolute Gasteiger partial charge is 0.468 e. The van der Waals surface area contributed by atoms with Crippen LogP contribution in [0.5, 0.6) is 11.8 Å². The van der Waals surface area contributed by atoms with E-state index in [1.807, 2.05) is 31.6 Å². The summed E-state index contributed by atoms with van der Waals surface area (Å²) >= 11 is 0. The topological polar surface area (TPSA) is 102 Å². The van der Waals surface area contributed by atoms with Gasteiger partial charge < -0.3 is 18.9 Å². The van der Waals surface area contributed by atoms with Gasteiger partial charge in [0.1, 0.15) is 53.1 Å². The van der Waals surface area contributed by atoms with Crippen LogP contribution in [0.25, 0.3) is 32.9 Å². The number of carbonyl (C=O) groups is 1. The Morgan fingerprint density at radius 3 is 2.76 bits per heavy atom. The number of ether oxygens (including phenoxy) is 4. The number of terminal acetylenes is 1. The summed E-state index contributed by atoms with van der Waals surface area (Å²) in [5.74, 6) is 1.65. The zero-order valence-electron chi connectivity index (χ0n) is 30.7. The number of nitrogens with zero attached hydrogens (tertiary/aromatic N) is 6. The molecule has 282 valence electrons. The van der Waals surface area contributed by atoms with Gasteiger partial charge >= 0.3 is 17.9 Å². The molecule has 2 aromatic heterocycles. The van der Waals surface area contributed by atoms with E-state index in [9.17, 15) is 9.18 Å². The second-order valence-electron chi connectivity index (χ2n) is 15.6. The lowest BCUT2D eigenvalue weighted by atomic mass is 9.95. The first kappa shape index (κ1) is 36.0. The molecule has 4 aliphatic heterocycles. The van der Waals surface area contributed by atoms with Crippen molar-refractivity contribution in [2.45, 2.75) is 82.3 Å². The predicted molar refractivity (Wildman–Crippen MR) is 195 cm³/mol. The van der Waals surface area contributed by atoms with Gasteiger partial charge in [0, 0.05) is 42.2 Å². The van der Waals surface area contributed by atoms with Gasteiger partial charge in [-0.25, -0.2) is 22.5 Å². The van der Waals surface area contributed by atoms with Gasteiger partial charge in [0.2, 0.25) is 0 Å². The lowest BCUT2D eigenvalue weighted by molar-refractivity contribution is -0.452. The fourth-order valence-electron chi connectivity index (χ4n) is 8.58. The minimum atomic E-state index is -0.962. The maximum atomic E-state index is 17.3. The van der Waals surface area contributed by atoms with Crippen molar-refractivity contribution in [2.75, 3.05) is 40.1 Å². The predicted octanol–water partition coefficient (Wildman–Crippen LogP) is 6.54. The molecule has 3 saturated heterocycles. The van der Waals surface area contributed by atoms with E-state index in [-0.39, 0.29) is 59.2 Å². The first-order valence-electron chi connectivity index (χ1n) is 18.2. The third kappa shape index (κ3) is 6.36. The average molecular weight is 744 g/mol. The maximum Gasteiger partial charge on any atom is 0.434 e. The number of fused-ring (bicyclic) bond motifs is 5. The molecule has 1 amide bonds. The highest BCUT2D eigenvalue weighted by atomic mass is 19.1. The SMILES string of the molecule is C#Cc1c(F)ccc2cc(OCOC)cc(-c3ncc4c([N+]5=CC6CCC(C5)N6C(=O)OC(C)(C)C)nc(OC[C@@]56CCCN5C[C@H](F)C6)nc4c3F)c12. The molecule has 2 unspecified atom stereocenters. The molecule has 2 bridgehead atoms. The highest BCUT2D eigenvalue weighted by Gasteiger charge is 2.50. The van der Waals surface area contributed by atoms with Crippen LogP contribution in [0.1, 0.15) is 58.4 Å². The third-order valence-corrected chi connectivity index (χ3v) is 10.8. The molecule has 4 atom stereocenters. The number of methoxy groups -OCH3 is 1. The summed E-state index contributed by atoms with van der Waals surface area (Å²) in [6.45, 7) is 7.02. The number of alkyl halides is 1. The summed E-state index contributed by atoms with van der Waals surface area (Å²) in [5, 5.41) is 1.09. The molecule has 0 radical (unpaired) electrons. The van der Waals surface area contributed by atoms with Gasteiger partial charge in [-0.3, -0.25) is 14.8 Å². The molecule has 0 saturated carbocycles. The standard InChI is InChI=1S/C40H42F3N6O5/c1-6-28-31(42)11-8-23-14-27(53-22-51-5)15-29(32(23)28)34-33(43)35-30(17-44-34)36(46-37(45-35)52-21-40-12-7-13-48(40)18-24(41)16-40)47-19-25-9-10-26(20-47)49(25)38(50)54-39(2,3)4/h1,8,11,14-15,17,19,24-26H,7,9-10,12-13,16,18,20-22H2,2-5H3/q+1/t24-,25?,26?,40+/m1/s1. The summed E-state index contributed by atoms with van der Waals surface area (Å²) in [6.07, 6.45) is 11.3. The summed E-state index contributed by atoms with van der Waals surface area (Å²) < 4.78 is 71.8. The van der Waals surface area contributed by atoms with Crippen molar-refractivity contribution in [1.82, 2.24) is 24.8 Å². The highest BCUT2D eigenvalue weighted by molar-refractivity contribution is 6.02. The Morgan fingerprint density at radius 2 is 2.00 bits per heavy atom. The number of halogens is 3. The van der Waals surface area contributed by atoms with Crippen molar-refractivity contribution in [3.05, 3.63) is 47.7 Å². The molecule has 54 heavy (non-hydrogen) atoms. The Kier molecular flexibility index (Phi) is 9.13. The highest BCUT2D eigenvalue weighted by Crippen LogP contribution is 2.42. The first-order valence-corrected chi connectivity index (χ1v) is 18.2. The Balaban J connectivity index is 1.27. The fraction of sp³-hybridized carbons (Fsp3) is 0.475. The van der Waals surface area contributed by atoms with Crippen molar-refractivity contribution in [3.8, 4) is 35.4 Å². The molecule has 2 aromatic carbocycles. The molecule has 0 aliphatic carbocycles. The zero-order chi connectivity index (χ0) is 37.9. The third-order valence-electron chi connectivity index (χ3n) is 10.8. The smallest absolute Gasteiger partial charge is 0.434 e. The molecule has 8 rings (SSSR count). The van der Waals surface area contributed by atoms with Crippen LogP contribution in [0, 0.1) is 24.0 Å². The Bertz CT molecular complexity index is 2240. The van der Waals surface area contributed by atoms with Gasteiger partial charge in [-0.05, 0) is 76.6 Å². The number of carbonyl (C=O) groups excluding carboxylic acids is 1. The molecule has 6 heterocycles. The quantitative estimate of drug-likeness (QED) is 0.113. The van der Waals surface area contributed by atoms with Crippen LogP contribution in [-0.2, 0) is 9.47 Å². The summed E-state index contributed by atoms with van der Waals surface area (Å²) in [5.41, 5.74) is -1.23. The van der Waals surface area contributed by atoms with E-state index in [1.165, 1.54) is 25.4 Å². The van der Waals surface area contributed by atoms with E-state index in [1.54, 1.807) is 17.0 Å². The number of hydrogen-bond acceptors (Lipinski definition) is 9. The lowest BCUT2D eigenvalue weighted by Crippen LogP contribution is -2.51. The van der Waals surface area contributed by atoms with Crippen molar-refractivity contribution in [1.29, 1.82) is 0 Å². The van der Waals surface area contributed by atoms with Crippen molar-refractivity contribution >= 4 is 39.8 Å². The number of hydrogen-bond donors (Lipinski definition) is 0. The van der Waals surface area contributed by atoms with Crippen molar-refractivity contribution in [2.24, 2.45) is 0 Å². The van der Waals surface area contributed by atoms with E-state index in [0.29, 0.717) is 41.9 Å². The van der Waals surface area contributed by atoms with Crippen LogP contribution in [0.2, 0.25) is 0 Å². The van der Waals surface area contributed by atoms with Gasteiger partial charge in [-0.15, -0.1) is 6.42 Å². The van der Waals surface area contributed by atoms with Crippen molar-refractivity contribution in [3.63, 3.8) is 0 Å². The molecule has 0 N–H and O–H groups in total. The maximum absolute atomic E-state index is 17.3. The average Bonchev–Trinajstić information content (AvgIpc) is 3.75. The van der Waals surface area contributed by atoms with Crippen LogP contribution in [0.15, 0.2) is 30.5 Å². The molecule has 0 spiro atoms. The zero-order valence-corrected chi connectivity index (χ0v) is 30.7. The van der Waals surface area contributed by atoms with E-state index in [2.05, 4.69) is 20.8 Å². The minimum Gasteiger partial charge on any atom is -0.468 e. The number of amides is 1. The van der Waals surface area contributed by atoms with E-state index >= 15 is 8.78 Å². The Labute approximate surface area is 311 Å². The molecule has 3 fully saturated rings. The lowest BCUT2D eigenvalue weighted by Gasteiger charge is -2.33. The molecule has 4 aliphatic rings. The molecular formula is C40H42F3N6O5+. The van der Waals surface area contributed by atoms with Crippen LogP contribution in [-0.4, -0.2) is 111 Å². The Morgan fingerprint density at radius 1 is 1.17 bits per heavy atom. The Hall–Kier alpha value is -5.00. The molecule has 4 aromatic rings. The number of aromatic nitrogens is 3. The first-order chi connectivity index (χ1) is 25.9. The fourth-order valence-corrected chi connectivity index (χ4v) is 8.58. The van der Waals surface area contributed by atoms with Crippen LogP contribution < -0.4 is 9.47 Å². The van der Waals surface area contributed by atoms with E-state index in [4.69, 9.17) is 30.4 Å². The van der Waals surface area contributed by atoms with Gasteiger partial charge in [0.15, 0.2) is 12.6 Å². The summed E-state index contributed by atoms with van der Waals surface area (Å²) in [7, 11) is 1.47.